The highest BCUT2D eigenvalue weighted by Gasteiger charge is 2.55. The third-order valence-corrected chi connectivity index (χ3v) is 4.36. The van der Waals surface area contributed by atoms with Crippen LogP contribution in [0.3, 0.4) is 0 Å². The molecule has 0 amide bonds. The zero-order valence-electron chi connectivity index (χ0n) is 13.8. The van der Waals surface area contributed by atoms with Gasteiger partial charge in [-0.2, -0.15) is 0 Å². The van der Waals surface area contributed by atoms with E-state index >= 15 is 0 Å². The van der Waals surface area contributed by atoms with Crippen LogP contribution in [0, 0.1) is 6.92 Å². The number of aromatic nitrogens is 2. The maximum Gasteiger partial charge on any atom is 0.330 e. The number of nitrogens with one attached hydrogen (secondary N) is 1. The third kappa shape index (κ3) is 2.58. The Hall–Kier alpha value is -1.70. The van der Waals surface area contributed by atoms with Gasteiger partial charge >= 0.3 is 5.69 Å². The normalized spacial score (nSPS) is 32.0. The minimum atomic E-state index is -0.731. The van der Waals surface area contributed by atoms with Crippen LogP contribution in [0.1, 0.15) is 38.3 Å². The first-order valence-electron chi connectivity index (χ1n) is 7.71. The number of allylic oxidation sites excluding steroid dienone is 1. The van der Waals surface area contributed by atoms with Crippen LogP contribution in [-0.4, -0.2) is 33.7 Å². The van der Waals surface area contributed by atoms with E-state index in [-0.39, 0.29) is 12.2 Å². The summed E-state index contributed by atoms with van der Waals surface area (Å²) >= 11 is 0. The zero-order chi connectivity index (χ0) is 16.9. The molecule has 1 aromatic heterocycles. The maximum atomic E-state index is 12.4. The van der Waals surface area contributed by atoms with Crippen molar-refractivity contribution in [3.63, 3.8) is 0 Å². The summed E-state index contributed by atoms with van der Waals surface area (Å²) in [5, 5.41) is 0. The molecule has 0 bridgehead atoms. The van der Waals surface area contributed by atoms with E-state index < -0.39 is 29.4 Å². The van der Waals surface area contributed by atoms with Gasteiger partial charge in [0.1, 0.15) is 12.2 Å². The molecule has 7 nitrogen and oxygen atoms in total. The monoisotopic (exact) mass is 322 g/mol. The second kappa shape index (κ2) is 5.43. The highest BCUT2D eigenvalue weighted by atomic mass is 16.8. The van der Waals surface area contributed by atoms with Crippen LogP contribution < -0.4 is 11.2 Å². The molecule has 23 heavy (non-hydrogen) atoms. The number of rotatable bonds is 3. The van der Waals surface area contributed by atoms with Crippen LogP contribution in [0.2, 0.25) is 0 Å². The number of hydrogen-bond acceptors (Lipinski definition) is 5. The summed E-state index contributed by atoms with van der Waals surface area (Å²) in [6.45, 7) is 10.9. The lowest BCUT2D eigenvalue weighted by Gasteiger charge is -2.26. The van der Waals surface area contributed by atoms with Gasteiger partial charge in [0.25, 0.3) is 5.56 Å². The molecular formula is C16H22N2O5. The molecule has 1 N–H and O–H groups in total. The molecule has 0 unspecified atom stereocenters. The topological polar surface area (TPSA) is 82.6 Å². The lowest BCUT2D eigenvalue weighted by atomic mass is 10.1. The summed E-state index contributed by atoms with van der Waals surface area (Å²) in [5.41, 5.74) is 0.153. The van der Waals surface area contributed by atoms with E-state index in [1.807, 2.05) is 20.8 Å². The standard InChI is InChI=1S/C16H22N2O5/c1-6-7-10-8(2)13(19)17-15(20)18(10)14-12-11(9(3)21-14)22-16(4,5)23-12/h6,9,11-12,14H,1,7H2,2-5H3,(H,17,19,20)/t9-,11-,12-,14-/m1/s1. The number of hydrogen-bond donors (Lipinski definition) is 1. The van der Waals surface area contributed by atoms with E-state index in [1.165, 1.54) is 4.57 Å². The smallest absolute Gasteiger partial charge is 0.330 e. The van der Waals surface area contributed by atoms with Gasteiger partial charge in [-0.1, -0.05) is 6.08 Å². The van der Waals surface area contributed by atoms with Gasteiger partial charge in [-0.05, 0) is 27.7 Å². The first kappa shape index (κ1) is 16.2. The minimum Gasteiger partial charge on any atom is -0.349 e. The van der Waals surface area contributed by atoms with E-state index in [2.05, 4.69) is 11.6 Å². The van der Waals surface area contributed by atoms with Crippen molar-refractivity contribution in [3.05, 3.63) is 44.8 Å². The first-order valence-corrected chi connectivity index (χ1v) is 7.71. The predicted octanol–water partition coefficient (Wildman–Crippen LogP) is 1.01. The van der Waals surface area contributed by atoms with Gasteiger partial charge in [-0.15, -0.1) is 6.58 Å². The number of fused-ring (bicyclic) bond motifs is 1. The summed E-state index contributed by atoms with van der Waals surface area (Å²) in [5.74, 6) is -0.731. The average Bonchev–Trinajstić information content (AvgIpc) is 2.91. The number of nitrogens with zero attached hydrogens (tertiary/aromatic N) is 1. The molecule has 2 fully saturated rings. The number of H-pyrrole nitrogens is 1. The van der Waals surface area contributed by atoms with Crippen LogP contribution in [0.5, 0.6) is 0 Å². The molecule has 4 atom stereocenters. The maximum absolute atomic E-state index is 12.4. The van der Waals surface area contributed by atoms with Crippen LogP contribution in [-0.2, 0) is 20.6 Å². The summed E-state index contributed by atoms with van der Waals surface area (Å²) in [6.07, 6.45) is 0.513. The van der Waals surface area contributed by atoms with Crippen molar-refractivity contribution in [1.82, 2.24) is 9.55 Å². The summed E-state index contributed by atoms with van der Waals surface area (Å²) in [6, 6.07) is 0. The molecule has 0 spiro atoms. The van der Waals surface area contributed by atoms with Gasteiger partial charge < -0.3 is 14.2 Å². The van der Waals surface area contributed by atoms with Crippen molar-refractivity contribution in [3.8, 4) is 0 Å². The molecule has 0 aliphatic carbocycles. The highest BCUT2D eigenvalue weighted by molar-refractivity contribution is 5.19. The number of aromatic amines is 1. The molecule has 2 saturated heterocycles. The average molecular weight is 322 g/mol. The summed E-state index contributed by atoms with van der Waals surface area (Å²) < 4.78 is 19.2. The van der Waals surface area contributed by atoms with Gasteiger partial charge in [0.2, 0.25) is 0 Å². The van der Waals surface area contributed by atoms with E-state index in [1.54, 1.807) is 13.0 Å². The van der Waals surface area contributed by atoms with E-state index in [4.69, 9.17) is 14.2 Å². The Bertz CT molecular complexity index is 748. The summed E-state index contributed by atoms with van der Waals surface area (Å²) in [4.78, 5) is 26.7. The lowest BCUT2D eigenvalue weighted by Crippen LogP contribution is -2.41. The van der Waals surface area contributed by atoms with Crippen molar-refractivity contribution in [1.29, 1.82) is 0 Å². The molecule has 2 aliphatic rings. The highest BCUT2D eigenvalue weighted by Crippen LogP contribution is 2.42. The van der Waals surface area contributed by atoms with E-state index in [0.717, 1.165) is 0 Å². The Labute approximate surface area is 133 Å². The third-order valence-electron chi connectivity index (χ3n) is 4.36. The Morgan fingerprint density at radius 1 is 1.30 bits per heavy atom. The fraction of sp³-hybridized carbons (Fsp3) is 0.625. The van der Waals surface area contributed by atoms with Crippen molar-refractivity contribution in [2.75, 3.05) is 0 Å². The molecule has 3 heterocycles. The summed E-state index contributed by atoms with van der Waals surface area (Å²) in [7, 11) is 0. The Morgan fingerprint density at radius 3 is 2.61 bits per heavy atom. The van der Waals surface area contributed by atoms with Crippen molar-refractivity contribution >= 4 is 0 Å². The number of ether oxygens (including phenoxy) is 3. The molecule has 2 aliphatic heterocycles. The molecular weight excluding hydrogens is 300 g/mol. The SMILES string of the molecule is C=CCc1c(C)c(=O)[nH]c(=O)n1[C@@H]1O[C@H](C)[C@H]2OC(C)(C)O[C@H]21. The zero-order valence-corrected chi connectivity index (χ0v) is 13.8. The lowest BCUT2D eigenvalue weighted by molar-refractivity contribution is -0.195. The van der Waals surface area contributed by atoms with Crippen molar-refractivity contribution < 1.29 is 14.2 Å². The van der Waals surface area contributed by atoms with Gasteiger partial charge in [-0.3, -0.25) is 14.3 Å². The van der Waals surface area contributed by atoms with Crippen LogP contribution in [0.15, 0.2) is 22.2 Å². The molecule has 7 heteroatoms. The van der Waals surface area contributed by atoms with Gasteiger partial charge in [-0.25, -0.2) is 4.79 Å². The predicted molar refractivity (Wildman–Crippen MR) is 83.4 cm³/mol. The second-order valence-corrected chi connectivity index (χ2v) is 6.49. The second-order valence-electron chi connectivity index (χ2n) is 6.49. The fourth-order valence-corrected chi connectivity index (χ4v) is 3.33. The molecule has 3 rings (SSSR count). The molecule has 0 aromatic carbocycles. The Balaban J connectivity index is 2.12. The van der Waals surface area contributed by atoms with Crippen LogP contribution >= 0.6 is 0 Å². The van der Waals surface area contributed by atoms with Crippen molar-refractivity contribution in [2.45, 2.75) is 64.4 Å². The largest absolute Gasteiger partial charge is 0.349 e. The minimum absolute atomic E-state index is 0.220. The van der Waals surface area contributed by atoms with E-state index in [0.29, 0.717) is 17.7 Å². The molecule has 0 radical (unpaired) electrons. The Kier molecular flexibility index (Phi) is 3.82. The quantitative estimate of drug-likeness (QED) is 0.840. The molecule has 1 aromatic rings. The van der Waals surface area contributed by atoms with Gasteiger partial charge in [0.15, 0.2) is 12.0 Å². The van der Waals surface area contributed by atoms with Crippen molar-refractivity contribution in [2.24, 2.45) is 0 Å². The van der Waals surface area contributed by atoms with E-state index in [9.17, 15) is 9.59 Å². The first-order chi connectivity index (χ1) is 10.7. The molecule has 0 saturated carbocycles. The van der Waals surface area contributed by atoms with Crippen LogP contribution in [0.4, 0.5) is 0 Å². The van der Waals surface area contributed by atoms with Gasteiger partial charge in [0.05, 0.1) is 6.10 Å². The van der Waals surface area contributed by atoms with Crippen LogP contribution in [0.25, 0.3) is 0 Å². The fourth-order valence-electron chi connectivity index (χ4n) is 3.33. The Morgan fingerprint density at radius 2 is 1.96 bits per heavy atom. The van der Waals surface area contributed by atoms with Gasteiger partial charge in [0, 0.05) is 17.7 Å². The molecule has 126 valence electrons.